The van der Waals surface area contributed by atoms with Crippen LogP contribution in [0.5, 0.6) is 17.2 Å². The molecule has 0 spiro atoms. The van der Waals surface area contributed by atoms with Crippen molar-refractivity contribution in [3.8, 4) is 17.2 Å². The summed E-state index contributed by atoms with van der Waals surface area (Å²) in [5.74, 6) is 1.20. The number of hydrogen-bond acceptors (Lipinski definition) is 5. The number of methoxy groups -OCH3 is 2. The molecule has 2 aromatic rings. The predicted molar refractivity (Wildman–Crippen MR) is 90.7 cm³/mol. The van der Waals surface area contributed by atoms with Gasteiger partial charge in [-0.25, -0.2) is 0 Å². The summed E-state index contributed by atoms with van der Waals surface area (Å²) in [7, 11) is 3.10. The molecule has 0 atom stereocenters. The molecule has 24 heavy (non-hydrogen) atoms. The zero-order valence-corrected chi connectivity index (χ0v) is 14.2. The van der Waals surface area contributed by atoms with Crippen molar-refractivity contribution in [2.45, 2.75) is 20.0 Å². The van der Waals surface area contributed by atoms with Crippen LogP contribution in [0.1, 0.15) is 18.1 Å². The van der Waals surface area contributed by atoms with Crippen LogP contribution in [-0.4, -0.2) is 26.8 Å². The van der Waals surface area contributed by atoms with Gasteiger partial charge in [0.25, 0.3) is 0 Å². The van der Waals surface area contributed by atoms with Crippen LogP contribution in [-0.2, 0) is 22.6 Å². The Bertz CT molecular complexity index is 667. The second-order valence-electron chi connectivity index (χ2n) is 5.05. The van der Waals surface area contributed by atoms with Gasteiger partial charge in [0.2, 0.25) is 5.75 Å². The highest BCUT2D eigenvalue weighted by molar-refractivity contribution is 5.75. The van der Waals surface area contributed by atoms with E-state index in [2.05, 4.69) is 0 Å². The van der Waals surface area contributed by atoms with Crippen LogP contribution in [0.25, 0.3) is 0 Å². The third kappa shape index (κ3) is 4.41. The summed E-state index contributed by atoms with van der Waals surface area (Å²) in [6, 6.07) is 13.3. The van der Waals surface area contributed by atoms with Crippen molar-refractivity contribution in [1.29, 1.82) is 0 Å². The number of benzene rings is 2. The van der Waals surface area contributed by atoms with Crippen LogP contribution >= 0.6 is 0 Å². The number of carbonyl (C=O) groups excluding carboxylic acids is 1. The number of hydrogen-bond donors (Lipinski definition) is 0. The molecule has 0 saturated carbocycles. The van der Waals surface area contributed by atoms with Crippen LogP contribution in [0.2, 0.25) is 0 Å². The average molecular weight is 330 g/mol. The Morgan fingerprint density at radius 2 is 1.71 bits per heavy atom. The van der Waals surface area contributed by atoms with Gasteiger partial charge in [-0.3, -0.25) is 4.79 Å². The second kappa shape index (κ2) is 8.82. The molecule has 0 aliphatic rings. The molecule has 0 saturated heterocycles. The van der Waals surface area contributed by atoms with E-state index in [1.54, 1.807) is 33.3 Å². The molecule has 5 heteroatoms. The van der Waals surface area contributed by atoms with E-state index < -0.39 is 0 Å². The maximum atomic E-state index is 11.8. The highest BCUT2D eigenvalue weighted by Gasteiger charge is 2.19. The van der Waals surface area contributed by atoms with Crippen molar-refractivity contribution in [3.05, 3.63) is 53.6 Å². The summed E-state index contributed by atoms with van der Waals surface area (Å²) in [6.07, 6.45) is 0.109. The van der Waals surface area contributed by atoms with E-state index in [0.29, 0.717) is 36.0 Å². The second-order valence-corrected chi connectivity index (χ2v) is 5.05. The van der Waals surface area contributed by atoms with Crippen molar-refractivity contribution in [2.75, 3.05) is 20.8 Å². The molecular formula is C19H22O5. The molecule has 0 heterocycles. The fraction of sp³-hybridized carbons (Fsp3) is 0.316. The van der Waals surface area contributed by atoms with E-state index in [0.717, 1.165) is 5.56 Å². The first-order chi connectivity index (χ1) is 11.7. The maximum absolute atomic E-state index is 11.8. The van der Waals surface area contributed by atoms with Crippen LogP contribution in [0.15, 0.2) is 42.5 Å². The average Bonchev–Trinajstić information content (AvgIpc) is 2.61. The Kier molecular flexibility index (Phi) is 6.49. The van der Waals surface area contributed by atoms with E-state index in [9.17, 15) is 4.79 Å². The lowest BCUT2D eigenvalue weighted by molar-refractivity contribution is -0.142. The van der Waals surface area contributed by atoms with Gasteiger partial charge < -0.3 is 18.9 Å². The predicted octanol–water partition coefficient (Wildman–Crippen LogP) is 3.39. The van der Waals surface area contributed by atoms with Crippen LogP contribution in [0.3, 0.4) is 0 Å². The number of ether oxygens (including phenoxy) is 4. The number of carbonyl (C=O) groups is 1. The molecule has 128 valence electrons. The zero-order chi connectivity index (χ0) is 17.4. The summed E-state index contributed by atoms with van der Waals surface area (Å²) in [4.78, 5) is 11.8. The van der Waals surface area contributed by atoms with E-state index in [1.807, 2.05) is 30.3 Å². The Morgan fingerprint density at radius 3 is 2.33 bits per heavy atom. The van der Waals surface area contributed by atoms with Gasteiger partial charge in [0, 0.05) is 5.56 Å². The number of rotatable bonds is 8. The summed E-state index contributed by atoms with van der Waals surface area (Å²) >= 11 is 0. The monoisotopic (exact) mass is 330 g/mol. The van der Waals surface area contributed by atoms with Gasteiger partial charge in [0.05, 0.1) is 27.2 Å². The first-order valence-electron chi connectivity index (χ1n) is 7.75. The molecule has 0 unspecified atom stereocenters. The Morgan fingerprint density at radius 1 is 0.958 bits per heavy atom. The number of esters is 1. The molecule has 0 aliphatic carbocycles. The van der Waals surface area contributed by atoms with Gasteiger partial charge in [0.15, 0.2) is 11.5 Å². The molecule has 0 radical (unpaired) electrons. The van der Waals surface area contributed by atoms with Gasteiger partial charge >= 0.3 is 5.97 Å². The molecule has 2 aromatic carbocycles. The molecule has 0 fully saturated rings. The van der Waals surface area contributed by atoms with E-state index in [1.165, 1.54) is 0 Å². The van der Waals surface area contributed by atoms with Crippen LogP contribution in [0, 0.1) is 0 Å². The van der Waals surface area contributed by atoms with Gasteiger partial charge in [-0.15, -0.1) is 0 Å². The Balaban J connectivity index is 2.30. The molecule has 0 aromatic heterocycles. The first-order valence-corrected chi connectivity index (χ1v) is 7.75. The minimum Gasteiger partial charge on any atom is -0.493 e. The van der Waals surface area contributed by atoms with Crippen LogP contribution in [0.4, 0.5) is 0 Å². The van der Waals surface area contributed by atoms with Crippen molar-refractivity contribution in [2.24, 2.45) is 0 Å². The van der Waals surface area contributed by atoms with E-state index >= 15 is 0 Å². The first kappa shape index (κ1) is 17.7. The quantitative estimate of drug-likeness (QED) is 0.695. The normalized spacial score (nSPS) is 10.1. The molecule has 2 rings (SSSR count). The molecule has 0 amide bonds. The molecule has 0 N–H and O–H groups in total. The fourth-order valence-electron chi connectivity index (χ4n) is 2.33. The standard InChI is InChI=1S/C19H22O5/c1-4-23-17(20)12-15-10-11-16(21-2)19(22-3)18(15)24-13-14-8-6-5-7-9-14/h5-11H,4,12-13H2,1-3H3. The Hall–Kier alpha value is -2.69. The summed E-state index contributed by atoms with van der Waals surface area (Å²) < 4.78 is 21.7. The lowest BCUT2D eigenvalue weighted by Crippen LogP contribution is -2.10. The van der Waals surface area contributed by atoms with Gasteiger partial charge in [-0.05, 0) is 18.6 Å². The molecule has 0 aliphatic heterocycles. The smallest absolute Gasteiger partial charge is 0.310 e. The van der Waals surface area contributed by atoms with Gasteiger partial charge in [-0.1, -0.05) is 36.4 Å². The molecular weight excluding hydrogens is 308 g/mol. The minimum absolute atomic E-state index is 0.109. The Labute approximate surface area is 142 Å². The van der Waals surface area contributed by atoms with Gasteiger partial charge in [0.1, 0.15) is 6.61 Å². The highest BCUT2D eigenvalue weighted by atomic mass is 16.5. The van der Waals surface area contributed by atoms with Gasteiger partial charge in [-0.2, -0.15) is 0 Å². The highest BCUT2D eigenvalue weighted by Crippen LogP contribution is 2.40. The topological polar surface area (TPSA) is 54.0 Å². The zero-order valence-electron chi connectivity index (χ0n) is 14.2. The van der Waals surface area contributed by atoms with E-state index in [4.69, 9.17) is 18.9 Å². The fourth-order valence-corrected chi connectivity index (χ4v) is 2.33. The summed E-state index contributed by atoms with van der Waals surface area (Å²) in [5, 5.41) is 0. The van der Waals surface area contributed by atoms with Crippen molar-refractivity contribution >= 4 is 5.97 Å². The SMILES string of the molecule is CCOC(=O)Cc1ccc(OC)c(OC)c1OCc1ccccc1. The van der Waals surface area contributed by atoms with Crippen molar-refractivity contribution in [1.82, 2.24) is 0 Å². The van der Waals surface area contributed by atoms with Crippen LogP contribution < -0.4 is 14.2 Å². The third-order valence-electron chi connectivity index (χ3n) is 3.45. The third-order valence-corrected chi connectivity index (χ3v) is 3.45. The largest absolute Gasteiger partial charge is 0.493 e. The lowest BCUT2D eigenvalue weighted by Gasteiger charge is -2.17. The van der Waals surface area contributed by atoms with Crippen molar-refractivity contribution in [3.63, 3.8) is 0 Å². The van der Waals surface area contributed by atoms with E-state index in [-0.39, 0.29) is 12.4 Å². The van der Waals surface area contributed by atoms with Crippen molar-refractivity contribution < 1.29 is 23.7 Å². The lowest BCUT2D eigenvalue weighted by atomic mass is 10.1. The minimum atomic E-state index is -0.311. The summed E-state index contributed by atoms with van der Waals surface area (Å²) in [6.45, 7) is 2.48. The summed E-state index contributed by atoms with van der Waals surface area (Å²) in [5.41, 5.74) is 1.71. The maximum Gasteiger partial charge on any atom is 0.310 e. The molecule has 0 bridgehead atoms. The molecule has 5 nitrogen and oxygen atoms in total.